The van der Waals surface area contributed by atoms with E-state index in [1.54, 1.807) is 12.1 Å². The Morgan fingerprint density at radius 2 is 1.62 bits per heavy atom. The van der Waals surface area contributed by atoms with Gasteiger partial charge in [0.05, 0.1) is 6.42 Å². The van der Waals surface area contributed by atoms with Gasteiger partial charge < -0.3 is 9.63 Å². The largest absolute Gasteiger partial charge is 0.508 e. The van der Waals surface area contributed by atoms with Crippen molar-refractivity contribution < 1.29 is 9.63 Å². The van der Waals surface area contributed by atoms with E-state index in [0.29, 0.717) is 18.1 Å². The molecule has 0 aliphatic heterocycles. The molecule has 0 unspecified atom stereocenters. The van der Waals surface area contributed by atoms with Gasteiger partial charge in [0, 0.05) is 5.56 Å². The number of aromatic hydroxyl groups is 1. The first-order valence-corrected chi connectivity index (χ1v) is 6.94. The van der Waals surface area contributed by atoms with Crippen LogP contribution in [0.2, 0.25) is 0 Å². The van der Waals surface area contributed by atoms with Gasteiger partial charge >= 0.3 is 0 Å². The highest BCUT2D eigenvalue weighted by molar-refractivity contribution is 5.54. The molecule has 4 heteroatoms. The average Bonchev–Trinajstić information content (AvgIpc) is 2.98. The van der Waals surface area contributed by atoms with Crippen LogP contribution in [0.25, 0.3) is 11.4 Å². The van der Waals surface area contributed by atoms with Crippen molar-refractivity contribution in [1.82, 2.24) is 10.1 Å². The maximum atomic E-state index is 9.27. The van der Waals surface area contributed by atoms with Crippen LogP contribution >= 0.6 is 0 Å². The summed E-state index contributed by atoms with van der Waals surface area (Å²) in [6.07, 6.45) is 1.57. The van der Waals surface area contributed by atoms with Crippen molar-refractivity contribution in [2.45, 2.75) is 19.8 Å². The molecule has 3 aromatic rings. The highest BCUT2D eigenvalue weighted by Gasteiger charge is 2.09. The zero-order valence-electron chi connectivity index (χ0n) is 11.8. The molecule has 0 aliphatic rings. The summed E-state index contributed by atoms with van der Waals surface area (Å²) in [4.78, 5) is 4.41. The van der Waals surface area contributed by atoms with Crippen molar-refractivity contribution in [3.63, 3.8) is 0 Å². The van der Waals surface area contributed by atoms with Crippen LogP contribution < -0.4 is 0 Å². The molecule has 0 amide bonds. The molecule has 0 saturated heterocycles. The molecular weight excluding hydrogens is 264 g/mol. The van der Waals surface area contributed by atoms with E-state index in [2.05, 4.69) is 29.2 Å². The average molecular weight is 280 g/mol. The fraction of sp³-hybridized carbons (Fsp3) is 0.176. The van der Waals surface area contributed by atoms with Gasteiger partial charge in [-0.15, -0.1) is 0 Å². The summed E-state index contributed by atoms with van der Waals surface area (Å²) in [5.41, 5.74) is 3.25. The first kappa shape index (κ1) is 13.4. The number of phenols is 1. The Morgan fingerprint density at radius 3 is 2.29 bits per heavy atom. The van der Waals surface area contributed by atoms with Crippen LogP contribution in [0.5, 0.6) is 5.75 Å². The molecular formula is C17H16N2O2. The third-order valence-corrected chi connectivity index (χ3v) is 3.38. The molecule has 2 aromatic carbocycles. The highest BCUT2D eigenvalue weighted by atomic mass is 16.5. The number of phenolic OH excluding ortho intramolecular Hbond substituents is 1. The standard InChI is InChI=1S/C17H16N2O2/c1-2-12-3-7-14(8-4-12)17-18-16(21-19-17)11-13-5-9-15(20)10-6-13/h3-10,20H,2,11H2,1H3. The lowest BCUT2D eigenvalue weighted by molar-refractivity contribution is 0.385. The predicted octanol–water partition coefficient (Wildman–Crippen LogP) is 3.60. The van der Waals surface area contributed by atoms with E-state index in [1.165, 1.54) is 5.56 Å². The van der Waals surface area contributed by atoms with E-state index in [0.717, 1.165) is 17.5 Å². The Hall–Kier alpha value is -2.62. The lowest BCUT2D eigenvalue weighted by atomic mass is 10.1. The minimum Gasteiger partial charge on any atom is -0.508 e. The fourth-order valence-electron chi connectivity index (χ4n) is 2.12. The minimum absolute atomic E-state index is 0.251. The molecule has 3 rings (SSSR count). The van der Waals surface area contributed by atoms with Crippen molar-refractivity contribution in [2.75, 3.05) is 0 Å². The van der Waals surface area contributed by atoms with E-state index in [1.807, 2.05) is 24.3 Å². The van der Waals surface area contributed by atoms with Gasteiger partial charge in [0.25, 0.3) is 0 Å². The summed E-state index contributed by atoms with van der Waals surface area (Å²) >= 11 is 0. The van der Waals surface area contributed by atoms with Crippen LogP contribution in [0, 0.1) is 0 Å². The lowest BCUT2D eigenvalue weighted by Crippen LogP contribution is -1.88. The number of benzene rings is 2. The number of aromatic nitrogens is 2. The van der Waals surface area contributed by atoms with Crippen LogP contribution in [0.3, 0.4) is 0 Å². The minimum atomic E-state index is 0.251. The topological polar surface area (TPSA) is 59.2 Å². The molecule has 0 spiro atoms. The number of aryl methyl sites for hydroxylation is 1. The van der Waals surface area contributed by atoms with Crippen LogP contribution in [0.4, 0.5) is 0 Å². The third-order valence-electron chi connectivity index (χ3n) is 3.38. The zero-order chi connectivity index (χ0) is 14.7. The number of hydrogen-bond donors (Lipinski definition) is 1. The molecule has 0 bridgehead atoms. The van der Waals surface area contributed by atoms with Gasteiger partial charge in [0.1, 0.15) is 5.75 Å². The Morgan fingerprint density at radius 1 is 0.952 bits per heavy atom. The Bertz CT molecular complexity index is 715. The molecule has 0 radical (unpaired) electrons. The van der Waals surface area contributed by atoms with Gasteiger partial charge in [-0.05, 0) is 29.7 Å². The monoisotopic (exact) mass is 280 g/mol. The van der Waals surface area contributed by atoms with E-state index in [-0.39, 0.29) is 5.75 Å². The summed E-state index contributed by atoms with van der Waals surface area (Å²) < 4.78 is 5.29. The van der Waals surface area contributed by atoms with Gasteiger partial charge in [0.15, 0.2) is 0 Å². The zero-order valence-corrected chi connectivity index (χ0v) is 11.8. The summed E-state index contributed by atoms with van der Waals surface area (Å²) in [5, 5.41) is 13.3. The van der Waals surface area contributed by atoms with Gasteiger partial charge in [0.2, 0.25) is 11.7 Å². The van der Waals surface area contributed by atoms with Gasteiger partial charge in [-0.1, -0.05) is 48.5 Å². The number of rotatable bonds is 4. The number of hydrogen-bond acceptors (Lipinski definition) is 4. The molecule has 1 N–H and O–H groups in total. The fourth-order valence-corrected chi connectivity index (χ4v) is 2.12. The first-order valence-electron chi connectivity index (χ1n) is 6.94. The second kappa shape index (κ2) is 5.79. The smallest absolute Gasteiger partial charge is 0.231 e. The van der Waals surface area contributed by atoms with Crippen molar-refractivity contribution in [3.8, 4) is 17.1 Å². The Kier molecular flexibility index (Phi) is 3.69. The summed E-state index contributed by atoms with van der Waals surface area (Å²) in [6, 6.07) is 15.1. The van der Waals surface area contributed by atoms with Crippen LogP contribution in [-0.2, 0) is 12.8 Å². The number of nitrogens with zero attached hydrogens (tertiary/aromatic N) is 2. The van der Waals surface area contributed by atoms with Gasteiger partial charge in [-0.3, -0.25) is 0 Å². The van der Waals surface area contributed by atoms with E-state index in [4.69, 9.17) is 4.52 Å². The van der Waals surface area contributed by atoms with Gasteiger partial charge in [-0.25, -0.2) is 0 Å². The van der Waals surface area contributed by atoms with Crippen molar-refractivity contribution >= 4 is 0 Å². The summed E-state index contributed by atoms with van der Waals surface area (Å²) in [6.45, 7) is 2.12. The van der Waals surface area contributed by atoms with Crippen LogP contribution in [0.15, 0.2) is 53.1 Å². The molecule has 21 heavy (non-hydrogen) atoms. The Balaban J connectivity index is 1.77. The molecule has 0 atom stereocenters. The van der Waals surface area contributed by atoms with Crippen LogP contribution in [0.1, 0.15) is 23.9 Å². The van der Waals surface area contributed by atoms with E-state index >= 15 is 0 Å². The molecule has 1 heterocycles. The molecule has 106 valence electrons. The van der Waals surface area contributed by atoms with Crippen molar-refractivity contribution in [2.24, 2.45) is 0 Å². The first-order chi connectivity index (χ1) is 10.2. The summed E-state index contributed by atoms with van der Waals surface area (Å²) in [7, 11) is 0. The van der Waals surface area contributed by atoms with Crippen molar-refractivity contribution in [1.29, 1.82) is 0 Å². The van der Waals surface area contributed by atoms with Gasteiger partial charge in [-0.2, -0.15) is 4.98 Å². The van der Waals surface area contributed by atoms with Crippen LogP contribution in [-0.4, -0.2) is 15.2 Å². The molecule has 1 aromatic heterocycles. The second-order valence-corrected chi connectivity index (χ2v) is 4.91. The predicted molar refractivity (Wildman–Crippen MR) is 80.0 cm³/mol. The third kappa shape index (κ3) is 3.11. The highest BCUT2D eigenvalue weighted by Crippen LogP contribution is 2.18. The van der Waals surface area contributed by atoms with E-state index < -0.39 is 0 Å². The Labute approximate surface area is 123 Å². The lowest BCUT2D eigenvalue weighted by Gasteiger charge is -1.97. The SMILES string of the molecule is CCc1ccc(-c2noc(Cc3ccc(O)cc3)n2)cc1. The maximum Gasteiger partial charge on any atom is 0.231 e. The molecule has 0 saturated carbocycles. The quantitative estimate of drug-likeness (QED) is 0.793. The molecule has 0 fully saturated rings. The normalized spacial score (nSPS) is 10.7. The van der Waals surface area contributed by atoms with Crippen molar-refractivity contribution in [3.05, 3.63) is 65.5 Å². The van der Waals surface area contributed by atoms with E-state index in [9.17, 15) is 5.11 Å². The second-order valence-electron chi connectivity index (χ2n) is 4.91. The molecule has 0 aliphatic carbocycles. The molecule has 4 nitrogen and oxygen atoms in total. The maximum absolute atomic E-state index is 9.27. The summed E-state index contributed by atoms with van der Waals surface area (Å²) in [5.74, 6) is 1.42.